The van der Waals surface area contributed by atoms with E-state index in [1.165, 1.54) is 5.56 Å². The number of nitrogens with zero attached hydrogens (tertiary/aromatic N) is 4. The van der Waals surface area contributed by atoms with Gasteiger partial charge in [-0.15, -0.1) is 30.6 Å². The van der Waals surface area contributed by atoms with E-state index in [4.69, 9.17) is 0 Å². The van der Waals surface area contributed by atoms with Crippen molar-refractivity contribution in [1.82, 2.24) is 20.0 Å². The zero-order valence-electron chi connectivity index (χ0n) is 13.4. The average molecular weight is 405 g/mol. The van der Waals surface area contributed by atoms with Crippen LogP contribution in [0.3, 0.4) is 0 Å². The Balaban J connectivity index is 0.00000400. The summed E-state index contributed by atoms with van der Waals surface area (Å²) in [6, 6.07) is 0. The lowest BCUT2D eigenvalue weighted by atomic mass is 10.2. The van der Waals surface area contributed by atoms with E-state index in [1.807, 2.05) is 30.2 Å². The molecule has 120 valence electrons. The summed E-state index contributed by atoms with van der Waals surface area (Å²) >= 11 is 0. The molecule has 0 radical (unpaired) electrons. The largest absolute Gasteiger partial charge is 0.357 e. The molecule has 0 aliphatic carbocycles. The molecule has 0 aliphatic heterocycles. The van der Waals surface area contributed by atoms with E-state index in [2.05, 4.69) is 40.9 Å². The van der Waals surface area contributed by atoms with Gasteiger partial charge in [0, 0.05) is 39.9 Å². The molecule has 1 aromatic rings. The number of nitrogens with one attached hydrogen (secondary N) is 1. The molecule has 1 N–H and O–H groups in total. The first-order valence-electron chi connectivity index (χ1n) is 7.25. The molecule has 0 spiro atoms. The molecule has 0 atom stereocenters. The molecular weight excluding hydrogens is 377 g/mol. The maximum Gasteiger partial charge on any atom is 0.193 e. The van der Waals surface area contributed by atoms with Crippen LogP contribution in [-0.4, -0.2) is 47.3 Å². The first-order chi connectivity index (χ1) is 9.67. The van der Waals surface area contributed by atoms with E-state index in [1.54, 1.807) is 0 Å². The Hall–Kier alpha value is -1.05. The molecule has 1 rings (SSSR count). The Morgan fingerprint density at radius 1 is 1.57 bits per heavy atom. The van der Waals surface area contributed by atoms with Crippen LogP contribution in [0.5, 0.6) is 0 Å². The van der Waals surface area contributed by atoms with E-state index in [0.717, 1.165) is 44.9 Å². The Bertz CT molecular complexity index is 427. The zero-order chi connectivity index (χ0) is 14.8. The molecule has 0 amide bonds. The Kier molecular flexibility index (Phi) is 11.0. The highest BCUT2D eigenvalue weighted by atomic mass is 127. The molecule has 0 aromatic carbocycles. The van der Waals surface area contributed by atoms with Gasteiger partial charge in [-0.3, -0.25) is 9.67 Å². The van der Waals surface area contributed by atoms with Crippen LogP contribution in [0.2, 0.25) is 0 Å². The number of guanidine groups is 1. The van der Waals surface area contributed by atoms with Crippen molar-refractivity contribution in [3.63, 3.8) is 0 Å². The zero-order valence-corrected chi connectivity index (χ0v) is 15.7. The summed E-state index contributed by atoms with van der Waals surface area (Å²) in [6.45, 7) is 8.50. The maximum absolute atomic E-state index is 4.67. The van der Waals surface area contributed by atoms with Crippen molar-refractivity contribution in [2.45, 2.75) is 26.2 Å². The highest BCUT2D eigenvalue weighted by Gasteiger charge is 2.04. The standard InChI is InChI=1S/C15H27N5.HI/c1-5-7-8-11-19(3)15(16-6-2)17-10-9-14-12-18-20(4)13-14;/h5,12-13H,1,6-11H2,2-4H3,(H,16,17);1H. The van der Waals surface area contributed by atoms with Crippen LogP contribution in [0.1, 0.15) is 25.3 Å². The molecule has 0 saturated heterocycles. The Morgan fingerprint density at radius 3 is 2.90 bits per heavy atom. The van der Waals surface area contributed by atoms with Crippen molar-refractivity contribution in [3.8, 4) is 0 Å². The smallest absolute Gasteiger partial charge is 0.193 e. The molecule has 0 unspecified atom stereocenters. The quantitative estimate of drug-likeness (QED) is 0.238. The van der Waals surface area contributed by atoms with Gasteiger partial charge in [-0.2, -0.15) is 5.10 Å². The number of allylic oxidation sites excluding steroid dienone is 1. The molecule has 0 saturated carbocycles. The lowest BCUT2D eigenvalue weighted by molar-refractivity contribution is 0.470. The summed E-state index contributed by atoms with van der Waals surface area (Å²) in [4.78, 5) is 6.84. The van der Waals surface area contributed by atoms with Crippen LogP contribution in [0.25, 0.3) is 0 Å². The number of aromatic nitrogens is 2. The summed E-state index contributed by atoms with van der Waals surface area (Å²) in [5.41, 5.74) is 1.22. The van der Waals surface area contributed by atoms with E-state index >= 15 is 0 Å². The SMILES string of the molecule is C=CCCCN(C)C(=NCCc1cnn(C)c1)NCC.I. The molecule has 0 aliphatic rings. The minimum absolute atomic E-state index is 0. The normalized spacial score (nSPS) is 10.9. The fourth-order valence-corrected chi connectivity index (χ4v) is 1.94. The fourth-order valence-electron chi connectivity index (χ4n) is 1.94. The second-order valence-corrected chi connectivity index (χ2v) is 4.86. The van der Waals surface area contributed by atoms with E-state index in [9.17, 15) is 0 Å². The summed E-state index contributed by atoms with van der Waals surface area (Å²) < 4.78 is 1.83. The van der Waals surface area contributed by atoms with Crippen molar-refractivity contribution in [2.24, 2.45) is 12.0 Å². The predicted octanol–water partition coefficient (Wildman–Crippen LogP) is 2.44. The second-order valence-electron chi connectivity index (χ2n) is 4.86. The maximum atomic E-state index is 4.67. The van der Waals surface area contributed by atoms with Crippen molar-refractivity contribution in [2.75, 3.05) is 26.7 Å². The fraction of sp³-hybridized carbons (Fsp3) is 0.600. The lowest BCUT2D eigenvalue weighted by Gasteiger charge is -2.21. The van der Waals surface area contributed by atoms with Crippen molar-refractivity contribution >= 4 is 29.9 Å². The highest BCUT2D eigenvalue weighted by Crippen LogP contribution is 1.99. The van der Waals surface area contributed by atoms with Crippen LogP contribution >= 0.6 is 24.0 Å². The van der Waals surface area contributed by atoms with Gasteiger partial charge in [-0.25, -0.2) is 0 Å². The van der Waals surface area contributed by atoms with Crippen molar-refractivity contribution in [3.05, 3.63) is 30.6 Å². The first kappa shape index (κ1) is 19.9. The van der Waals surface area contributed by atoms with Crippen molar-refractivity contribution in [1.29, 1.82) is 0 Å². The van der Waals surface area contributed by atoms with E-state index in [0.29, 0.717) is 0 Å². The minimum atomic E-state index is 0. The monoisotopic (exact) mass is 405 g/mol. The third-order valence-electron chi connectivity index (χ3n) is 3.02. The molecule has 5 nitrogen and oxygen atoms in total. The van der Waals surface area contributed by atoms with Crippen LogP contribution in [0.15, 0.2) is 30.0 Å². The number of hydrogen-bond acceptors (Lipinski definition) is 2. The number of hydrogen-bond donors (Lipinski definition) is 1. The van der Waals surface area contributed by atoms with Gasteiger partial charge >= 0.3 is 0 Å². The summed E-state index contributed by atoms with van der Waals surface area (Å²) in [5.74, 6) is 0.973. The minimum Gasteiger partial charge on any atom is -0.357 e. The molecular formula is C15H28IN5. The molecule has 21 heavy (non-hydrogen) atoms. The van der Waals surface area contributed by atoms with Gasteiger partial charge in [-0.1, -0.05) is 6.08 Å². The predicted molar refractivity (Wildman–Crippen MR) is 100 cm³/mol. The summed E-state index contributed by atoms with van der Waals surface area (Å²) in [5, 5.41) is 7.50. The van der Waals surface area contributed by atoms with Gasteiger partial charge in [0.05, 0.1) is 6.20 Å². The molecule has 0 bridgehead atoms. The Morgan fingerprint density at radius 2 is 2.33 bits per heavy atom. The van der Waals surface area contributed by atoms with Crippen LogP contribution in [0, 0.1) is 0 Å². The number of unbranched alkanes of at least 4 members (excludes halogenated alkanes) is 1. The van der Waals surface area contributed by atoms with Crippen molar-refractivity contribution < 1.29 is 0 Å². The third-order valence-corrected chi connectivity index (χ3v) is 3.02. The van der Waals surface area contributed by atoms with Gasteiger partial charge in [0.2, 0.25) is 0 Å². The second kappa shape index (κ2) is 11.6. The van der Waals surface area contributed by atoms with E-state index < -0.39 is 0 Å². The van der Waals surface area contributed by atoms with Crippen LogP contribution in [0.4, 0.5) is 0 Å². The summed E-state index contributed by atoms with van der Waals surface area (Å²) in [6.07, 6.45) is 8.96. The van der Waals surface area contributed by atoms with Gasteiger partial charge in [0.1, 0.15) is 0 Å². The number of halogens is 1. The van der Waals surface area contributed by atoms with Gasteiger partial charge < -0.3 is 10.2 Å². The van der Waals surface area contributed by atoms with Gasteiger partial charge in [0.15, 0.2) is 5.96 Å². The molecule has 1 heterocycles. The lowest BCUT2D eigenvalue weighted by Crippen LogP contribution is -2.39. The molecule has 0 fully saturated rings. The molecule has 6 heteroatoms. The average Bonchev–Trinajstić information content (AvgIpc) is 2.83. The van der Waals surface area contributed by atoms with E-state index in [-0.39, 0.29) is 24.0 Å². The number of rotatable bonds is 8. The third kappa shape index (κ3) is 8.08. The summed E-state index contributed by atoms with van der Waals surface area (Å²) in [7, 11) is 4.01. The van der Waals surface area contributed by atoms with Gasteiger partial charge in [-0.05, 0) is 31.7 Å². The number of aliphatic imine (C=N–C) groups is 1. The van der Waals surface area contributed by atoms with Gasteiger partial charge in [0.25, 0.3) is 0 Å². The van der Waals surface area contributed by atoms with Crippen LogP contribution in [-0.2, 0) is 13.5 Å². The highest BCUT2D eigenvalue weighted by molar-refractivity contribution is 14.0. The molecule has 1 aromatic heterocycles. The topological polar surface area (TPSA) is 45.5 Å². The first-order valence-corrected chi connectivity index (χ1v) is 7.25. The Labute approximate surface area is 145 Å². The van der Waals surface area contributed by atoms with Crippen LogP contribution < -0.4 is 5.32 Å². The number of aryl methyl sites for hydroxylation is 1.